The molecule has 18 heavy (non-hydrogen) atoms. The molecule has 0 aromatic carbocycles. The van der Waals surface area contributed by atoms with E-state index in [0.29, 0.717) is 17.1 Å². The number of aromatic nitrogens is 4. The SMILES string of the molecule is CCc1nnc(C)cc1C(O)c1c(Cl)cnn1C. The molecule has 5 nitrogen and oxygen atoms in total. The fraction of sp³-hybridized carbons (Fsp3) is 0.417. The Morgan fingerprint density at radius 3 is 2.72 bits per heavy atom. The predicted molar refractivity (Wildman–Crippen MR) is 68.4 cm³/mol. The van der Waals surface area contributed by atoms with Gasteiger partial charge in [0, 0.05) is 12.6 Å². The monoisotopic (exact) mass is 266 g/mol. The number of hydrogen-bond acceptors (Lipinski definition) is 4. The first kappa shape index (κ1) is 13.0. The van der Waals surface area contributed by atoms with Crippen LogP contribution in [-0.2, 0) is 13.5 Å². The van der Waals surface area contributed by atoms with Crippen molar-refractivity contribution in [3.05, 3.63) is 39.9 Å². The average molecular weight is 267 g/mol. The van der Waals surface area contributed by atoms with E-state index >= 15 is 0 Å². The largest absolute Gasteiger partial charge is 0.382 e. The van der Waals surface area contributed by atoms with Crippen LogP contribution >= 0.6 is 11.6 Å². The Hall–Kier alpha value is -1.46. The molecule has 2 heterocycles. The second-order valence-corrected chi connectivity index (χ2v) is 4.55. The number of hydrogen-bond donors (Lipinski definition) is 1. The number of aryl methyl sites for hydroxylation is 3. The van der Waals surface area contributed by atoms with E-state index in [1.54, 1.807) is 11.7 Å². The van der Waals surface area contributed by atoms with Crippen LogP contribution < -0.4 is 0 Å². The minimum absolute atomic E-state index is 0.446. The van der Waals surface area contributed by atoms with Gasteiger partial charge in [-0.2, -0.15) is 15.3 Å². The van der Waals surface area contributed by atoms with Crippen molar-refractivity contribution in [2.24, 2.45) is 7.05 Å². The summed E-state index contributed by atoms with van der Waals surface area (Å²) >= 11 is 6.05. The van der Waals surface area contributed by atoms with Crippen LogP contribution in [0.2, 0.25) is 5.02 Å². The van der Waals surface area contributed by atoms with Crippen molar-refractivity contribution < 1.29 is 5.11 Å². The summed E-state index contributed by atoms with van der Waals surface area (Å²) in [6.45, 7) is 3.81. The molecule has 0 amide bonds. The molecule has 0 radical (unpaired) electrons. The van der Waals surface area contributed by atoms with Gasteiger partial charge in [0.2, 0.25) is 0 Å². The summed E-state index contributed by atoms with van der Waals surface area (Å²) in [4.78, 5) is 0. The standard InChI is InChI=1S/C12H15ClN4O/c1-4-10-8(5-7(2)15-16-10)12(18)11-9(13)6-14-17(11)3/h5-6,12,18H,4H2,1-3H3. The van der Waals surface area contributed by atoms with Gasteiger partial charge in [-0.15, -0.1) is 0 Å². The Morgan fingerprint density at radius 1 is 1.44 bits per heavy atom. The topological polar surface area (TPSA) is 63.8 Å². The Balaban J connectivity index is 2.51. The molecule has 2 aromatic heterocycles. The number of nitrogens with zero attached hydrogens (tertiary/aromatic N) is 4. The average Bonchev–Trinajstić information content (AvgIpc) is 2.68. The van der Waals surface area contributed by atoms with Gasteiger partial charge < -0.3 is 5.11 Å². The van der Waals surface area contributed by atoms with E-state index in [4.69, 9.17) is 11.6 Å². The molecule has 1 unspecified atom stereocenters. The summed E-state index contributed by atoms with van der Waals surface area (Å²) in [7, 11) is 1.75. The van der Waals surface area contributed by atoms with Gasteiger partial charge in [-0.25, -0.2) is 0 Å². The quantitative estimate of drug-likeness (QED) is 0.920. The van der Waals surface area contributed by atoms with Gasteiger partial charge in [-0.05, 0) is 19.4 Å². The summed E-state index contributed by atoms with van der Waals surface area (Å²) in [6.07, 6.45) is 1.39. The number of halogens is 1. The van der Waals surface area contributed by atoms with E-state index in [2.05, 4.69) is 15.3 Å². The van der Waals surface area contributed by atoms with Crippen LogP contribution in [0.4, 0.5) is 0 Å². The third-order valence-corrected chi connectivity index (χ3v) is 3.14. The zero-order valence-corrected chi connectivity index (χ0v) is 11.3. The minimum Gasteiger partial charge on any atom is -0.382 e. The molecule has 0 aliphatic carbocycles. The van der Waals surface area contributed by atoms with Crippen molar-refractivity contribution in [2.45, 2.75) is 26.4 Å². The van der Waals surface area contributed by atoms with Crippen LogP contribution in [0, 0.1) is 6.92 Å². The van der Waals surface area contributed by atoms with Gasteiger partial charge in [0.15, 0.2) is 0 Å². The molecule has 0 spiro atoms. The van der Waals surface area contributed by atoms with Crippen LogP contribution in [0.25, 0.3) is 0 Å². The molecule has 0 aliphatic rings. The molecule has 1 atom stereocenters. The lowest BCUT2D eigenvalue weighted by Gasteiger charge is -2.15. The van der Waals surface area contributed by atoms with Crippen LogP contribution in [0.1, 0.15) is 35.7 Å². The normalized spacial score (nSPS) is 12.7. The third kappa shape index (κ3) is 2.23. The highest BCUT2D eigenvalue weighted by molar-refractivity contribution is 6.31. The van der Waals surface area contributed by atoms with E-state index < -0.39 is 6.10 Å². The molecule has 1 N–H and O–H groups in total. The molecule has 0 saturated heterocycles. The van der Waals surface area contributed by atoms with Crippen molar-refractivity contribution in [3.63, 3.8) is 0 Å². The summed E-state index contributed by atoms with van der Waals surface area (Å²) in [6, 6.07) is 1.83. The maximum Gasteiger partial charge on any atom is 0.124 e. The first-order valence-corrected chi connectivity index (χ1v) is 6.11. The lowest BCUT2D eigenvalue weighted by molar-refractivity contribution is 0.208. The smallest absolute Gasteiger partial charge is 0.124 e. The van der Waals surface area contributed by atoms with E-state index in [1.807, 2.05) is 19.9 Å². The fourth-order valence-electron chi connectivity index (χ4n) is 1.92. The summed E-state index contributed by atoms with van der Waals surface area (Å²) < 4.78 is 1.57. The van der Waals surface area contributed by atoms with Gasteiger partial charge in [0.05, 0.1) is 28.3 Å². The Kier molecular flexibility index (Phi) is 3.63. The van der Waals surface area contributed by atoms with Gasteiger partial charge in [-0.1, -0.05) is 18.5 Å². The van der Waals surface area contributed by atoms with E-state index in [-0.39, 0.29) is 0 Å². The molecule has 2 aromatic rings. The number of aliphatic hydroxyl groups is 1. The highest BCUT2D eigenvalue weighted by Crippen LogP contribution is 2.29. The summed E-state index contributed by atoms with van der Waals surface area (Å²) in [5, 5.41) is 23.0. The summed E-state index contributed by atoms with van der Waals surface area (Å²) in [5.74, 6) is 0. The predicted octanol–water partition coefficient (Wildman–Crippen LogP) is 1.82. The van der Waals surface area contributed by atoms with E-state index in [0.717, 1.165) is 17.0 Å². The molecular weight excluding hydrogens is 252 g/mol. The van der Waals surface area contributed by atoms with Gasteiger partial charge in [0.1, 0.15) is 6.10 Å². The molecule has 2 rings (SSSR count). The van der Waals surface area contributed by atoms with Crippen molar-refractivity contribution in [3.8, 4) is 0 Å². The lowest BCUT2D eigenvalue weighted by Crippen LogP contribution is -2.11. The Labute approximate surface area is 110 Å². The second kappa shape index (κ2) is 5.04. The molecule has 0 bridgehead atoms. The molecule has 0 saturated carbocycles. The fourth-order valence-corrected chi connectivity index (χ4v) is 2.19. The Morgan fingerprint density at radius 2 is 2.17 bits per heavy atom. The molecular formula is C12H15ClN4O. The first-order chi connectivity index (χ1) is 8.54. The van der Waals surface area contributed by atoms with Crippen LogP contribution in [0.15, 0.2) is 12.3 Å². The van der Waals surface area contributed by atoms with Crippen molar-refractivity contribution in [1.29, 1.82) is 0 Å². The third-order valence-electron chi connectivity index (χ3n) is 2.85. The van der Waals surface area contributed by atoms with Gasteiger partial charge in [0.25, 0.3) is 0 Å². The highest BCUT2D eigenvalue weighted by atomic mass is 35.5. The summed E-state index contributed by atoms with van der Waals surface area (Å²) in [5.41, 5.74) is 2.83. The zero-order valence-electron chi connectivity index (χ0n) is 10.6. The maximum absolute atomic E-state index is 10.5. The highest BCUT2D eigenvalue weighted by Gasteiger charge is 2.21. The van der Waals surface area contributed by atoms with Crippen LogP contribution in [-0.4, -0.2) is 25.1 Å². The van der Waals surface area contributed by atoms with Gasteiger partial charge in [-0.3, -0.25) is 4.68 Å². The molecule has 6 heteroatoms. The second-order valence-electron chi connectivity index (χ2n) is 4.15. The number of rotatable bonds is 3. The minimum atomic E-state index is -0.839. The van der Waals surface area contributed by atoms with Crippen LogP contribution in [0.3, 0.4) is 0 Å². The molecule has 96 valence electrons. The van der Waals surface area contributed by atoms with E-state index in [1.165, 1.54) is 6.20 Å². The zero-order chi connectivity index (χ0) is 13.3. The van der Waals surface area contributed by atoms with Crippen molar-refractivity contribution in [1.82, 2.24) is 20.0 Å². The van der Waals surface area contributed by atoms with Crippen molar-refractivity contribution >= 4 is 11.6 Å². The Bertz CT molecular complexity index is 548. The first-order valence-electron chi connectivity index (χ1n) is 5.73. The van der Waals surface area contributed by atoms with Crippen molar-refractivity contribution in [2.75, 3.05) is 0 Å². The van der Waals surface area contributed by atoms with E-state index in [9.17, 15) is 5.11 Å². The molecule has 0 fully saturated rings. The maximum atomic E-state index is 10.5. The number of aliphatic hydroxyl groups excluding tert-OH is 1. The lowest BCUT2D eigenvalue weighted by atomic mass is 10.0. The van der Waals surface area contributed by atoms with Gasteiger partial charge >= 0.3 is 0 Å². The molecule has 0 aliphatic heterocycles. The van der Waals surface area contributed by atoms with Crippen LogP contribution in [0.5, 0.6) is 0 Å².